The molecule has 0 atom stereocenters. The van der Waals surface area contributed by atoms with Crippen molar-refractivity contribution < 1.29 is 0 Å². The van der Waals surface area contributed by atoms with Crippen LogP contribution in [-0.4, -0.2) is 15.0 Å². The molecule has 4 heteroatoms. The van der Waals surface area contributed by atoms with E-state index in [0.717, 1.165) is 38.9 Å². The fraction of sp³-hybridized carbons (Fsp3) is 0.0625. The SMILES string of the molecule is CC1(C)c2ccccc2-c2ccc(-c3ccccc3-c3nc(-c4ccccc4-c4ccccc4)nc(-c4cccc5c4sc4ccccc45)n3)cc21. The highest BCUT2D eigenvalue weighted by Gasteiger charge is 2.35. The quantitative estimate of drug-likeness (QED) is 0.181. The van der Waals surface area contributed by atoms with Gasteiger partial charge in [0.15, 0.2) is 17.5 Å². The van der Waals surface area contributed by atoms with Gasteiger partial charge in [0.1, 0.15) is 0 Å². The number of nitrogens with zero attached hydrogens (tertiary/aromatic N) is 3. The Labute approximate surface area is 307 Å². The van der Waals surface area contributed by atoms with E-state index in [1.807, 2.05) is 6.07 Å². The van der Waals surface area contributed by atoms with Gasteiger partial charge in [0.25, 0.3) is 0 Å². The number of thiophene rings is 1. The standard InChI is InChI=1S/C48H33N3S/c1-48(2)41-25-12-10-19-34(41)35-28-27-31(29-42(35)48)33-18-7-9-22-39(33)46-49-45(38-21-8-6-17-32(38)30-15-4-3-5-16-30)50-47(51-46)40-24-14-23-37-36-20-11-13-26-43(36)52-44(37)40/h3-29H,1-2H3. The first-order valence-electron chi connectivity index (χ1n) is 17.7. The normalized spacial score (nSPS) is 13.0. The summed E-state index contributed by atoms with van der Waals surface area (Å²) in [6.45, 7) is 4.66. The fourth-order valence-electron chi connectivity index (χ4n) is 8.01. The van der Waals surface area contributed by atoms with Crippen LogP contribution in [-0.2, 0) is 5.41 Å². The smallest absolute Gasteiger partial charge is 0.165 e. The lowest BCUT2D eigenvalue weighted by atomic mass is 9.81. The maximum absolute atomic E-state index is 5.33. The topological polar surface area (TPSA) is 38.7 Å². The van der Waals surface area contributed by atoms with E-state index in [-0.39, 0.29) is 5.41 Å². The molecule has 10 rings (SSSR count). The van der Waals surface area contributed by atoms with Gasteiger partial charge in [-0.3, -0.25) is 0 Å². The van der Waals surface area contributed by atoms with Gasteiger partial charge in [-0.2, -0.15) is 0 Å². The molecule has 7 aromatic carbocycles. The van der Waals surface area contributed by atoms with Gasteiger partial charge < -0.3 is 0 Å². The summed E-state index contributed by atoms with van der Waals surface area (Å²) in [5.74, 6) is 1.97. The van der Waals surface area contributed by atoms with Crippen LogP contribution in [0.1, 0.15) is 25.0 Å². The Hall–Kier alpha value is -6.23. The van der Waals surface area contributed by atoms with Crippen molar-refractivity contribution in [2.24, 2.45) is 0 Å². The predicted molar refractivity (Wildman–Crippen MR) is 217 cm³/mol. The molecule has 2 heterocycles. The maximum atomic E-state index is 5.33. The van der Waals surface area contributed by atoms with Crippen molar-refractivity contribution in [3.05, 3.63) is 175 Å². The molecule has 0 N–H and O–H groups in total. The second-order valence-electron chi connectivity index (χ2n) is 14.0. The third kappa shape index (κ3) is 4.83. The van der Waals surface area contributed by atoms with Crippen molar-refractivity contribution in [1.82, 2.24) is 15.0 Å². The van der Waals surface area contributed by atoms with Crippen molar-refractivity contribution in [3.8, 4) is 67.5 Å². The van der Waals surface area contributed by atoms with Crippen LogP contribution in [0.15, 0.2) is 164 Å². The minimum Gasteiger partial charge on any atom is -0.208 e. The van der Waals surface area contributed by atoms with E-state index in [0.29, 0.717) is 17.5 Å². The zero-order valence-electron chi connectivity index (χ0n) is 28.8. The second-order valence-corrected chi connectivity index (χ2v) is 15.0. The molecule has 52 heavy (non-hydrogen) atoms. The predicted octanol–water partition coefficient (Wildman–Crippen LogP) is 12.9. The molecule has 0 fully saturated rings. The van der Waals surface area contributed by atoms with Crippen LogP contribution >= 0.6 is 11.3 Å². The lowest BCUT2D eigenvalue weighted by molar-refractivity contribution is 0.660. The van der Waals surface area contributed by atoms with Gasteiger partial charge in [-0.05, 0) is 62.7 Å². The Bertz CT molecular complexity index is 2830. The molecule has 3 nitrogen and oxygen atoms in total. The van der Waals surface area contributed by atoms with Gasteiger partial charge in [0.05, 0.1) is 0 Å². The van der Waals surface area contributed by atoms with Gasteiger partial charge in [-0.25, -0.2) is 15.0 Å². The lowest BCUT2D eigenvalue weighted by Gasteiger charge is -2.22. The molecule has 1 aliphatic carbocycles. The molecule has 2 aromatic heterocycles. The molecule has 0 saturated heterocycles. The summed E-state index contributed by atoms with van der Waals surface area (Å²) >= 11 is 1.79. The van der Waals surface area contributed by atoms with E-state index in [4.69, 9.17) is 15.0 Å². The highest BCUT2D eigenvalue weighted by atomic mass is 32.1. The Kier molecular flexibility index (Phi) is 7.02. The van der Waals surface area contributed by atoms with E-state index in [1.165, 1.54) is 42.4 Å². The molecular formula is C48H33N3S. The summed E-state index contributed by atoms with van der Waals surface area (Å²) in [4.78, 5) is 15.9. The average Bonchev–Trinajstić information content (AvgIpc) is 3.70. The molecule has 0 bridgehead atoms. The Morgan fingerprint density at radius 2 is 0.904 bits per heavy atom. The van der Waals surface area contributed by atoms with Crippen molar-refractivity contribution in [2.45, 2.75) is 19.3 Å². The van der Waals surface area contributed by atoms with Gasteiger partial charge in [0.2, 0.25) is 0 Å². The first-order chi connectivity index (χ1) is 25.5. The molecule has 246 valence electrons. The number of fused-ring (bicyclic) bond motifs is 6. The molecule has 1 aliphatic rings. The van der Waals surface area contributed by atoms with Gasteiger partial charge in [-0.15, -0.1) is 11.3 Å². The van der Waals surface area contributed by atoms with Crippen molar-refractivity contribution in [2.75, 3.05) is 0 Å². The molecule has 0 saturated carbocycles. The van der Waals surface area contributed by atoms with Crippen molar-refractivity contribution >= 4 is 31.5 Å². The van der Waals surface area contributed by atoms with Crippen molar-refractivity contribution in [3.63, 3.8) is 0 Å². The van der Waals surface area contributed by atoms with Crippen LogP contribution in [0.3, 0.4) is 0 Å². The third-order valence-electron chi connectivity index (χ3n) is 10.6. The minimum atomic E-state index is -0.103. The summed E-state index contributed by atoms with van der Waals surface area (Å²) in [6, 6.07) is 58.2. The second kappa shape index (κ2) is 11.9. The van der Waals surface area contributed by atoms with Gasteiger partial charge in [0, 0.05) is 42.3 Å². The Morgan fingerprint density at radius 1 is 0.385 bits per heavy atom. The van der Waals surface area contributed by atoms with Gasteiger partial charge in [-0.1, -0.05) is 159 Å². The number of aromatic nitrogens is 3. The Balaban J connectivity index is 1.20. The van der Waals surface area contributed by atoms with E-state index in [2.05, 4.69) is 172 Å². The molecule has 0 aliphatic heterocycles. The number of hydrogen-bond acceptors (Lipinski definition) is 4. The number of rotatable bonds is 5. The molecule has 0 spiro atoms. The van der Waals surface area contributed by atoms with Crippen LogP contribution in [0.4, 0.5) is 0 Å². The highest BCUT2D eigenvalue weighted by Crippen LogP contribution is 2.50. The van der Waals surface area contributed by atoms with Crippen molar-refractivity contribution in [1.29, 1.82) is 0 Å². The zero-order chi connectivity index (χ0) is 34.8. The molecule has 0 unspecified atom stereocenters. The van der Waals surface area contributed by atoms with Gasteiger partial charge >= 0.3 is 0 Å². The van der Waals surface area contributed by atoms with Crippen LogP contribution in [0.5, 0.6) is 0 Å². The number of hydrogen-bond donors (Lipinski definition) is 0. The number of benzene rings is 7. The molecule has 9 aromatic rings. The van der Waals surface area contributed by atoms with E-state index in [1.54, 1.807) is 11.3 Å². The first kappa shape index (κ1) is 30.6. The van der Waals surface area contributed by atoms with Crippen LogP contribution in [0.25, 0.3) is 87.7 Å². The highest BCUT2D eigenvalue weighted by molar-refractivity contribution is 7.26. The zero-order valence-corrected chi connectivity index (χ0v) is 29.7. The molecule has 0 amide bonds. The fourth-order valence-corrected chi connectivity index (χ4v) is 9.22. The summed E-state index contributed by atoms with van der Waals surface area (Å²) in [6.07, 6.45) is 0. The van der Waals surface area contributed by atoms with E-state index in [9.17, 15) is 0 Å². The monoisotopic (exact) mass is 683 g/mol. The average molecular weight is 684 g/mol. The largest absolute Gasteiger partial charge is 0.208 e. The summed E-state index contributed by atoms with van der Waals surface area (Å²) < 4.78 is 2.43. The molecule has 0 radical (unpaired) electrons. The van der Waals surface area contributed by atoms with Crippen LogP contribution in [0, 0.1) is 0 Å². The maximum Gasteiger partial charge on any atom is 0.165 e. The summed E-state index contributed by atoms with van der Waals surface area (Å²) in [5.41, 5.74) is 12.6. The van der Waals surface area contributed by atoms with E-state index >= 15 is 0 Å². The van der Waals surface area contributed by atoms with Crippen LogP contribution in [0.2, 0.25) is 0 Å². The molecular weight excluding hydrogens is 651 g/mol. The minimum absolute atomic E-state index is 0.103. The Morgan fingerprint density at radius 3 is 1.63 bits per heavy atom. The van der Waals surface area contributed by atoms with Crippen LogP contribution < -0.4 is 0 Å². The summed E-state index contributed by atoms with van der Waals surface area (Å²) in [5, 5.41) is 2.47. The first-order valence-corrected chi connectivity index (χ1v) is 18.5. The van der Waals surface area contributed by atoms with E-state index < -0.39 is 0 Å². The summed E-state index contributed by atoms with van der Waals surface area (Å²) in [7, 11) is 0. The third-order valence-corrected chi connectivity index (χ3v) is 11.8. The lowest BCUT2D eigenvalue weighted by Crippen LogP contribution is -2.14.